The van der Waals surface area contributed by atoms with Crippen LogP contribution in [0.5, 0.6) is 0 Å². The second-order valence-electron chi connectivity index (χ2n) is 13.4. The lowest BCUT2D eigenvalue weighted by Gasteiger charge is -2.27. The average molecular weight is 753 g/mol. The molecule has 9 aromatic rings. The maximum atomic E-state index is 11.6. The maximum absolute atomic E-state index is 11.6. The van der Waals surface area contributed by atoms with E-state index in [4.69, 9.17) is 9.97 Å². The third kappa shape index (κ3) is 6.82. The van der Waals surface area contributed by atoms with Crippen LogP contribution in [0.2, 0.25) is 0 Å². The van der Waals surface area contributed by atoms with Crippen LogP contribution >= 0.6 is 11.3 Å². The smallest absolute Gasteiger partial charge is 0.346 e. The number of para-hydroxylation sites is 1. The van der Waals surface area contributed by atoms with Gasteiger partial charge in [0, 0.05) is 48.8 Å². The number of thiophene rings is 1. The molecule has 0 unspecified atom stereocenters. The van der Waals surface area contributed by atoms with Crippen molar-refractivity contribution >= 4 is 62.3 Å². The highest BCUT2D eigenvalue weighted by atomic mass is 32.1. The molecule has 1 N–H and O–H groups in total. The molecule has 0 aliphatic rings. The van der Waals surface area contributed by atoms with Gasteiger partial charge in [0.25, 0.3) is 0 Å². The number of carboxylic acids is 1. The summed E-state index contributed by atoms with van der Waals surface area (Å²) in [5.74, 6) is -1.26. The molecule has 0 aliphatic heterocycles. The lowest BCUT2D eigenvalue weighted by atomic mass is 9.97. The summed E-state index contributed by atoms with van der Waals surface area (Å²) < 4.78 is 0. The summed E-state index contributed by atoms with van der Waals surface area (Å²) in [5, 5.41) is 21.2. The fourth-order valence-electron chi connectivity index (χ4n) is 7.22. The zero-order valence-electron chi connectivity index (χ0n) is 30.5. The minimum absolute atomic E-state index is 0.322. The van der Waals surface area contributed by atoms with E-state index < -0.39 is 5.97 Å². The van der Waals surface area contributed by atoms with Gasteiger partial charge in [0.05, 0.1) is 28.1 Å². The Balaban J connectivity index is 1.24. The molecule has 9 rings (SSSR count). The molecule has 0 fully saturated rings. The Morgan fingerprint density at radius 3 is 1.79 bits per heavy atom. The molecule has 7 aromatic carbocycles. The zero-order valence-corrected chi connectivity index (χ0v) is 31.3. The Labute approximate surface area is 333 Å². The third-order valence-electron chi connectivity index (χ3n) is 9.91. The number of carboxylic acid groups (broad SMARTS) is 1. The van der Waals surface area contributed by atoms with E-state index in [0.29, 0.717) is 10.4 Å². The van der Waals surface area contributed by atoms with Gasteiger partial charge in [0.1, 0.15) is 11.6 Å². The number of hydrogen-bond donors (Lipinski definition) is 1. The molecule has 0 radical (unpaired) electrons. The van der Waals surface area contributed by atoms with Crippen molar-refractivity contribution < 1.29 is 9.90 Å². The highest BCUT2D eigenvalue weighted by molar-refractivity contribution is 7.16. The van der Waals surface area contributed by atoms with Gasteiger partial charge in [0.15, 0.2) is 0 Å². The van der Waals surface area contributed by atoms with E-state index >= 15 is 0 Å². The fourth-order valence-corrected chi connectivity index (χ4v) is 8.20. The van der Waals surface area contributed by atoms with Crippen molar-refractivity contribution in [1.82, 2.24) is 9.97 Å². The van der Waals surface area contributed by atoms with E-state index in [1.807, 2.05) is 66.7 Å². The lowest BCUT2D eigenvalue weighted by Crippen LogP contribution is -2.10. The normalized spacial score (nSPS) is 11.4. The van der Waals surface area contributed by atoms with Crippen LogP contribution in [-0.4, -0.2) is 21.0 Å². The van der Waals surface area contributed by atoms with Gasteiger partial charge in [-0.05, 0) is 59.5 Å². The summed E-state index contributed by atoms with van der Waals surface area (Å²) in [4.78, 5) is 26.3. The number of benzene rings is 7. The Hall–Kier alpha value is -7.66. The quantitative estimate of drug-likeness (QED) is 0.117. The monoisotopic (exact) mass is 752 g/mol. The molecule has 0 atom stereocenters. The number of fused-ring (bicyclic) bond motifs is 2. The largest absolute Gasteiger partial charge is 0.477 e. The van der Waals surface area contributed by atoms with Crippen molar-refractivity contribution in [3.63, 3.8) is 0 Å². The van der Waals surface area contributed by atoms with Crippen molar-refractivity contribution in [2.75, 3.05) is 4.90 Å². The molecule has 0 saturated heterocycles. The Bertz CT molecular complexity index is 2990. The fraction of sp³-hybridized carbons (Fsp3) is 0. The van der Waals surface area contributed by atoms with E-state index in [0.717, 1.165) is 72.0 Å². The van der Waals surface area contributed by atoms with Gasteiger partial charge in [-0.1, -0.05) is 140 Å². The number of nitrogens with zero attached hydrogens (tertiary/aromatic N) is 4. The summed E-state index contributed by atoms with van der Waals surface area (Å²) in [6.07, 6.45) is 1.40. The standard InChI is InChI=1S/C50H32N4O2S/c51-32-37(50(55)56)31-40-27-30-45(57-40)43-29-28-42(48-49(43)53-47(36-16-6-2-7-17-36)46(52-48)35-14-4-1-5-15-35)34-23-25-39(26-24-34)54(38-19-8-3-9-20-38)44-22-12-18-33-13-10-11-21-41(33)44/h1-31H,(H,55,56)/b37-31+. The first kappa shape index (κ1) is 35.1. The molecule has 6 nitrogen and oxygen atoms in total. The molecule has 57 heavy (non-hydrogen) atoms. The molecule has 0 amide bonds. The first-order valence-electron chi connectivity index (χ1n) is 18.4. The zero-order chi connectivity index (χ0) is 38.7. The van der Waals surface area contributed by atoms with Gasteiger partial charge < -0.3 is 10.0 Å². The van der Waals surface area contributed by atoms with E-state index in [2.05, 4.69) is 120 Å². The van der Waals surface area contributed by atoms with Crippen LogP contribution in [0, 0.1) is 11.3 Å². The Morgan fingerprint density at radius 1 is 0.579 bits per heavy atom. The minimum atomic E-state index is -1.26. The topological polar surface area (TPSA) is 90.1 Å². The van der Waals surface area contributed by atoms with Crippen LogP contribution in [0.3, 0.4) is 0 Å². The first-order valence-corrected chi connectivity index (χ1v) is 19.2. The Morgan fingerprint density at radius 2 is 1.14 bits per heavy atom. The minimum Gasteiger partial charge on any atom is -0.477 e. The molecular formula is C50H32N4O2S. The second-order valence-corrected chi connectivity index (χ2v) is 14.5. The third-order valence-corrected chi connectivity index (χ3v) is 11.0. The number of anilines is 3. The molecule has 7 heteroatoms. The van der Waals surface area contributed by atoms with Crippen LogP contribution < -0.4 is 4.90 Å². The SMILES string of the molecule is N#C/C(=C\c1ccc(-c2ccc(-c3ccc(N(c4ccccc4)c4cccc5ccccc45)cc3)c3nc(-c4ccccc4)c(-c4ccccc4)nc23)s1)C(=O)O. The Kier molecular flexibility index (Phi) is 9.37. The molecule has 0 bridgehead atoms. The number of nitriles is 1. The van der Waals surface area contributed by atoms with Crippen molar-refractivity contribution in [2.45, 2.75) is 0 Å². The summed E-state index contributed by atoms with van der Waals surface area (Å²) in [6.45, 7) is 0. The van der Waals surface area contributed by atoms with Crippen LogP contribution in [0.1, 0.15) is 4.88 Å². The van der Waals surface area contributed by atoms with E-state index in [1.165, 1.54) is 22.8 Å². The van der Waals surface area contributed by atoms with Gasteiger partial charge in [0.2, 0.25) is 0 Å². The number of carbonyl (C=O) groups is 1. The predicted molar refractivity (Wildman–Crippen MR) is 233 cm³/mol. The first-order chi connectivity index (χ1) is 28.1. The number of aromatic nitrogens is 2. The second kappa shape index (κ2) is 15.2. The van der Waals surface area contributed by atoms with Gasteiger partial charge in [-0.25, -0.2) is 14.8 Å². The van der Waals surface area contributed by atoms with Crippen molar-refractivity contribution in [3.05, 3.63) is 192 Å². The van der Waals surface area contributed by atoms with Crippen LogP contribution in [-0.2, 0) is 4.79 Å². The van der Waals surface area contributed by atoms with Gasteiger partial charge in [-0.15, -0.1) is 11.3 Å². The van der Waals surface area contributed by atoms with Gasteiger partial charge in [-0.3, -0.25) is 0 Å². The maximum Gasteiger partial charge on any atom is 0.346 e. The lowest BCUT2D eigenvalue weighted by molar-refractivity contribution is -0.132. The van der Waals surface area contributed by atoms with Gasteiger partial charge >= 0.3 is 5.97 Å². The van der Waals surface area contributed by atoms with E-state index in [1.54, 1.807) is 6.07 Å². The summed E-state index contributed by atoms with van der Waals surface area (Å²) in [6, 6.07) is 63.7. The van der Waals surface area contributed by atoms with E-state index in [9.17, 15) is 15.2 Å². The highest BCUT2D eigenvalue weighted by Crippen LogP contribution is 2.43. The van der Waals surface area contributed by atoms with Crippen LogP contribution in [0.25, 0.3) is 72.0 Å². The molecule has 2 aromatic heterocycles. The average Bonchev–Trinajstić information content (AvgIpc) is 3.74. The predicted octanol–water partition coefficient (Wildman–Crippen LogP) is 13.0. The summed E-state index contributed by atoms with van der Waals surface area (Å²) >= 11 is 1.40. The number of aliphatic carboxylic acids is 1. The van der Waals surface area contributed by atoms with E-state index in [-0.39, 0.29) is 5.57 Å². The van der Waals surface area contributed by atoms with Crippen LogP contribution in [0.4, 0.5) is 17.1 Å². The molecular weight excluding hydrogens is 721 g/mol. The number of hydrogen-bond acceptors (Lipinski definition) is 6. The highest BCUT2D eigenvalue weighted by Gasteiger charge is 2.21. The van der Waals surface area contributed by atoms with Crippen molar-refractivity contribution in [1.29, 1.82) is 5.26 Å². The van der Waals surface area contributed by atoms with Crippen LogP contribution in [0.15, 0.2) is 188 Å². The number of rotatable bonds is 9. The molecule has 0 spiro atoms. The molecule has 0 aliphatic carbocycles. The molecule has 270 valence electrons. The van der Waals surface area contributed by atoms with Gasteiger partial charge in [-0.2, -0.15) is 5.26 Å². The molecule has 2 heterocycles. The summed E-state index contributed by atoms with van der Waals surface area (Å²) in [7, 11) is 0. The van der Waals surface area contributed by atoms with Crippen molar-refractivity contribution in [3.8, 4) is 50.2 Å². The summed E-state index contributed by atoms with van der Waals surface area (Å²) in [5.41, 5.74) is 10.5. The van der Waals surface area contributed by atoms with Crippen molar-refractivity contribution in [2.24, 2.45) is 0 Å². The molecule has 0 saturated carbocycles.